The third-order valence-electron chi connectivity index (χ3n) is 3.45. The van der Waals surface area contributed by atoms with Gasteiger partial charge in [-0.3, -0.25) is 9.79 Å². The first-order chi connectivity index (χ1) is 8.55. The molecule has 3 nitrogen and oxygen atoms in total. The van der Waals surface area contributed by atoms with E-state index in [4.69, 9.17) is 0 Å². The highest BCUT2D eigenvalue weighted by Gasteiger charge is 2.38. The fourth-order valence-corrected chi connectivity index (χ4v) is 2.61. The van der Waals surface area contributed by atoms with Crippen LogP contribution in [0.1, 0.15) is 38.4 Å². The van der Waals surface area contributed by atoms with E-state index in [1.165, 1.54) is 0 Å². The van der Waals surface area contributed by atoms with E-state index in [0.29, 0.717) is 12.1 Å². The van der Waals surface area contributed by atoms with E-state index in [2.05, 4.69) is 23.8 Å². The van der Waals surface area contributed by atoms with Gasteiger partial charge in [0.1, 0.15) is 5.71 Å². The molecule has 0 bridgehead atoms. The van der Waals surface area contributed by atoms with Gasteiger partial charge in [0, 0.05) is 6.42 Å². The molecule has 0 aromatic heterocycles. The summed E-state index contributed by atoms with van der Waals surface area (Å²) in [7, 11) is 0. The number of ketones is 1. The Balaban J connectivity index is 1.96. The molecule has 1 aliphatic heterocycles. The van der Waals surface area contributed by atoms with Crippen LogP contribution in [-0.4, -0.2) is 17.2 Å². The zero-order valence-electron chi connectivity index (χ0n) is 10.7. The number of Topliss-reactive ketones (excluding diaryl/α,β-unsaturated/α-hetero) is 1. The van der Waals surface area contributed by atoms with E-state index in [1.807, 2.05) is 30.3 Å². The van der Waals surface area contributed by atoms with Crippen LogP contribution in [-0.2, 0) is 4.79 Å². The molecule has 1 aliphatic carbocycles. The van der Waals surface area contributed by atoms with Gasteiger partial charge in [-0.15, -0.1) is 0 Å². The van der Waals surface area contributed by atoms with Crippen molar-refractivity contribution in [1.29, 1.82) is 0 Å². The maximum Gasteiger partial charge on any atom is 0.183 e. The first-order valence-electron chi connectivity index (χ1n) is 6.28. The predicted octanol–water partition coefficient (Wildman–Crippen LogP) is 2.97. The number of rotatable bonds is 1. The van der Waals surface area contributed by atoms with E-state index >= 15 is 0 Å². The Labute approximate surface area is 107 Å². The summed E-state index contributed by atoms with van der Waals surface area (Å²) in [6.45, 7) is 4.22. The minimum absolute atomic E-state index is 0.0144. The number of fused-ring (bicyclic) bond motifs is 1. The maximum atomic E-state index is 12.1. The van der Waals surface area contributed by atoms with Gasteiger partial charge in [-0.1, -0.05) is 44.2 Å². The van der Waals surface area contributed by atoms with Gasteiger partial charge in [0.05, 0.1) is 5.71 Å². The lowest BCUT2D eigenvalue weighted by Crippen LogP contribution is -2.36. The Bertz CT molecular complexity index is 555. The van der Waals surface area contributed by atoms with Gasteiger partial charge in [0.2, 0.25) is 0 Å². The molecule has 3 heteroatoms. The molecule has 1 aromatic rings. The largest absolute Gasteiger partial charge is 0.292 e. The monoisotopic (exact) mass is 240 g/mol. The highest BCUT2D eigenvalue weighted by Crippen LogP contribution is 2.36. The molecule has 0 radical (unpaired) electrons. The summed E-state index contributed by atoms with van der Waals surface area (Å²) < 4.78 is 0. The van der Waals surface area contributed by atoms with Crippen molar-refractivity contribution < 1.29 is 4.79 Å². The Morgan fingerprint density at radius 1 is 1.11 bits per heavy atom. The topological polar surface area (TPSA) is 41.8 Å². The van der Waals surface area contributed by atoms with Crippen molar-refractivity contribution in [1.82, 2.24) is 0 Å². The van der Waals surface area contributed by atoms with Crippen molar-refractivity contribution >= 4 is 17.2 Å². The number of nitrogens with zero attached hydrogens (tertiary/aromatic N) is 2. The number of hydrogen-bond donors (Lipinski definition) is 0. The molecule has 1 heterocycles. The van der Waals surface area contributed by atoms with Crippen molar-refractivity contribution in [3.05, 3.63) is 35.9 Å². The van der Waals surface area contributed by atoms with Gasteiger partial charge >= 0.3 is 0 Å². The molecule has 2 aliphatic rings. The molecule has 18 heavy (non-hydrogen) atoms. The third-order valence-corrected chi connectivity index (χ3v) is 3.45. The summed E-state index contributed by atoms with van der Waals surface area (Å²) in [5, 5.41) is 0. The Kier molecular flexibility index (Phi) is 2.44. The normalized spacial score (nSPS) is 25.4. The van der Waals surface area contributed by atoms with Gasteiger partial charge in [0.15, 0.2) is 11.9 Å². The zero-order valence-corrected chi connectivity index (χ0v) is 10.7. The Morgan fingerprint density at radius 2 is 1.83 bits per heavy atom. The standard InChI is InChI=1S/C15H16N2O/c1-15(2)8-11-13(12(18)9-15)17-14(16-11)10-6-4-3-5-7-10/h3-7,14H,8-9H2,1-2H3. The minimum atomic E-state index is -0.214. The molecule has 3 rings (SSSR count). The lowest BCUT2D eigenvalue weighted by Gasteiger charge is -2.28. The summed E-state index contributed by atoms with van der Waals surface area (Å²) in [5.41, 5.74) is 2.58. The van der Waals surface area contributed by atoms with E-state index in [9.17, 15) is 4.79 Å². The lowest BCUT2D eigenvalue weighted by molar-refractivity contribution is -0.114. The van der Waals surface area contributed by atoms with Crippen LogP contribution in [0.2, 0.25) is 0 Å². The number of carbonyl (C=O) groups excluding carboxylic acids is 1. The first-order valence-corrected chi connectivity index (χ1v) is 6.28. The van der Waals surface area contributed by atoms with E-state index in [0.717, 1.165) is 17.7 Å². The second-order valence-electron chi connectivity index (χ2n) is 5.78. The van der Waals surface area contributed by atoms with Crippen LogP contribution in [0.25, 0.3) is 0 Å². The van der Waals surface area contributed by atoms with Gasteiger partial charge in [-0.2, -0.15) is 0 Å². The van der Waals surface area contributed by atoms with Crippen LogP contribution >= 0.6 is 0 Å². The lowest BCUT2D eigenvalue weighted by atomic mass is 9.75. The molecule has 1 unspecified atom stereocenters. The molecular weight excluding hydrogens is 224 g/mol. The quantitative estimate of drug-likeness (QED) is 0.744. The summed E-state index contributed by atoms with van der Waals surface area (Å²) in [4.78, 5) is 21.2. The minimum Gasteiger partial charge on any atom is -0.292 e. The third kappa shape index (κ3) is 1.90. The zero-order chi connectivity index (χ0) is 12.8. The van der Waals surface area contributed by atoms with Crippen LogP contribution in [0.4, 0.5) is 0 Å². The van der Waals surface area contributed by atoms with Crippen molar-refractivity contribution in [3.63, 3.8) is 0 Å². The van der Waals surface area contributed by atoms with Crippen LogP contribution in [0, 0.1) is 5.41 Å². The van der Waals surface area contributed by atoms with Crippen molar-refractivity contribution in [2.75, 3.05) is 0 Å². The first kappa shape index (κ1) is 11.3. The molecular formula is C15H16N2O. The molecule has 0 amide bonds. The molecule has 0 N–H and O–H groups in total. The van der Waals surface area contributed by atoms with Crippen LogP contribution < -0.4 is 0 Å². The van der Waals surface area contributed by atoms with Gasteiger partial charge in [-0.05, 0) is 17.4 Å². The highest BCUT2D eigenvalue weighted by atomic mass is 16.1. The second kappa shape index (κ2) is 3.87. The average molecular weight is 240 g/mol. The fourth-order valence-electron chi connectivity index (χ4n) is 2.61. The van der Waals surface area contributed by atoms with Crippen LogP contribution in [0.5, 0.6) is 0 Å². The smallest absolute Gasteiger partial charge is 0.183 e. The summed E-state index contributed by atoms with van der Waals surface area (Å²) in [6.07, 6.45) is 1.21. The van der Waals surface area contributed by atoms with Crippen LogP contribution in [0.3, 0.4) is 0 Å². The van der Waals surface area contributed by atoms with E-state index in [-0.39, 0.29) is 17.4 Å². The predicted molar refractivity (Wildman–Crippen MR) is 72.1 cm³/mol. The van der Waals surface area contributed by atoms with E-state index < -0.39 is 0 Å². The van der Waals surface area contributed by atoms with Crippen molar-refractivity contribution in [2.45, 2.75) is 32.9 Å². The molecule has 1 aromatic carbocycles. The van der Waals surface area contributed by atoms with Crippen molar-refractivity contribution in [2.24, 2.45) is 15.4 Å². The van der Waals surface area contributed by atoms with E-state index in [1.54, 1.807) is 0 Å². The summed E-state index contributed by atoms with van der Waals surface area (Å²) >= 11 is 0. The molecule has 0 spiro atoms. The summed E-state index contributed by atoms with van der Waals surface area (Å²) in [5.74, 6) is 0.142. The number of hydrogen-bond acceptors (Lipinski definition) is 3. The molecule has 1 saturated carbocycles. The Morgan fingerprint density at radius 3 is 2.56 bits per heavy atom. The SMILES string of the molecule is CC1(C)CC(=O)C2=NC(c3ccccc3)N=C2C1. The number of carbonyl (C=O) groups is 1. The molecule has 92 valence electrons. The maximum absolute atomic E-state index is 12.1. The summed E-state index contributed by atoms with van der Waals surface area (Å²) in [6, 6.07) is 9.93. The van der Waals surface area contributed by atoms with Crippen molar-refractivity contribution in [3.8, 4) is 0 Å². The molecule has 1 atom stereocenters. The van der Waals surface area contributed by atoms with Gasteiger partial charge in [0.25, 0.3) is 0 Å². The fraction of sp³-hybridized carbons (Fsp3) is 0.400. The van der Waals surface area contributed by atoms with Gasteiger partial charge in [-0.25, -0.2) is 4.99 Å². The highest BCUT2D eigenvalue weighted by molar-refractivity contribution is 6.69. The average Bonchev–Trinajstić information content (AvgIpc) is 2.72. The van der Waals surface area contributed by atoms with Crippen LogP contribution in [0.15, 0.2) is 40.3 Å². The molecule has 1 fully saturated rings. The Hall–Kier alpha value is -1.77. The van der Waals surface area contributed by atoms with Gasteiger partial charge < -0.3 is 0 Å². The second-order valence-corrected chi connectivity index (χ2v) is 5.78. The molecule has 0 saturated heterocycles. The number of benzene rings is 1. The number of aliphatic imine (C=N–C) groups is 2.